The van der Waals surface area contributed by atoms with Crippen LogP contribution in [0.25, 0.3) is 0 Å². The number of benzene rings is 2. The second-order valence-electron chi connectivity index (χ2n) is 6.32. The highest BCUT2D eigenvalue weighted by atomic mass is 32.2. The number of carbonyl (C=O) groups is 3. The minimum Gasteiger partial charge on any atom is -0.481 e. The minimum atomic E-state index is -1.71. The van der Waals surface area contributed by atoms with Gasteiger partial charge in [0, 0.05) is 23.1 Å². The third kappa shape index (κ3) is 6.71. The molecule has 0 aromatic heterocycles. The number of anilines is 2. The molecule has 0 aliphatic rings. The zero-order chi connectivity index (χ0) is 23.1. The number of carboxylic acids is 1. The van der Waals surface area contributed by atoms with Gasteiger partial charge >= 0.3 is 5.97 Å². The molecule has 0 radical (unpaired) electrons. The van der Waals surface area contributed by atoms with Gasteiger partial charge in [-0.1, -0.05) is 13.0 Å². The van der Waals surface area contributed by atoms with E-state index in [-0.39, 0.29) is 25.3 Å². The fourth-order valence-corrected chi connectivity index (χ4v) is 3.48. The average molecular weight is 458 g/mol. The van der Waals surface area contributed by atoms with Gasteiger partial charge < -0.3 is 15.7 Å². The number of hydrogen-bond donors (Lipinski definition) is 3. The second-order valence-corrected chi connectivity index (χ2v) is 7.59. The number of thioether (sulfide) groups is 1. The van der Waals surface area contributed by atoms with Crippen molar-refractivity contribution in [2.75, 3.05) is 10.6 Å². The van der Waals surface area contributed by atoms with Crippen LogP contribution in [0.15, 0.2) is 35.2 Å². The highest BCUT2D eigenvalue weighted by Gasteiger charge is 2.25. The first-order valence-corrected chi connectivity index (χ1v) is 9.92. The van der Waals surface area contributed by atoms with Gasteiger partial charge in [-0.05, 0) is 24.6 Å². The zero-order valence-corrected chi connectivity index (χ0v) is 17.0. The van der Waals surface area contributed by atoms with Gasteiger partial charge in [0.25, 0.3) is 0 Å². The highest BCUT2D eigenvalue weighted by molar-refractivity contribution is 8.00. The number of carbonyl (C=O) groups excluding carboxylic acids is 2. The number of carboxylic acid groups (broad SMARTS) is 1. The molecule has 0 saturated carbocycles. The van der Waals surface area contributed by atoms with Crippen molar-refractivity contribution in [3.05, 3.63) is 53.6 Å². The van der Waals surface area contributed by atoms with Crippen LogP contribution in [0.5, 0.6) is 0 Å². The predicted octanol–water partition coefficient (Wildman–Crippen LogP) is 4.56. The Morgan fingerprint density at radius 3 is 2.23 bits per heavy atom. The van der Waals surface area contributed by atoms with E-state index in [1.54, 1.807) is 25.1 Å². The van der Waals surface area contributed by atoms with Crippen molar-refractivity contribution in [1.29, 1.82) is 0 Å². The van der Waals surface area contributed by atoms with E-state index in [4.69, 9.17) is 5.11 Å². The normalized spacial score (nSPS) is 11.6. The van der Waals surface area contributed by atoms with Gasteiger partial charge in [-0.3, -0.25) is 14.4 Å². The van der Waals surface area contributed by atoms with E-state index in [1.807, 2.05) is 5.32 Å². The Morgan fingerprint density at radius 2 is 1.65 bits per heavy atom. The number of halogens is 4. The van der Waals surface area contributed by atoms with E-state index in [9.17, 15) is 31.9 Å². The Kier molecular flexibility index (Phi) is 8.43. The molecule has 2 amide bonds. The molecule has 166 valence electrons. The van der Waals surface area contributed by atoms with Gasteiger partial charge in [0.05, 0.1) is 11.7 Å². The van der Waals surface area contributed by atoms with Crippen LogP contribution in [0.1, 0.15) is 26.2 Å². The quantitative estimate of drug-likeness (QED) is 0.291. The lowest BCUT2D eigenvalue weighted by molar-refractivity contribution is -0.138. The molecule has 0 saturated heterocycles. The Balaban J connectivity index is 2.10. The van der Waals surface area contributed by atoms with Gasteiger partial charge in [0.15, 0.2) is 23.3 Å². The van der Waals surface area contributed by atoms with Gasteiger partial charge in [0.1, 0.15) is 5.69 Å². The van der Waals surface area contributed by atoms with Crippen LogP contribution in [-0.2, 0) is 14.4 Å². The number of hydrogen-bond acceptors (Lipinski definition) is 4. The molecule has 3 N–H and O–H groups in total. The van der Waals surface area contributed by atoms with E-state index >= 15 is 0 Å². The molecule has 11 heteroatoms. The van der Waals surface area contributed by atoms with Crippen molar-refractivity contribution in [3.63, 3.8) is 0 Å². The molecule has 2 aromatic carbocycles. The highest BCUT2D eigenvalue weighted by Crippen LogP contribution is 2.30. The lowest BCUT2D eigenvalue weighted by Gasteiger charge is -2.16. The zero-order valence-electron chi connectivity index (χ0n) is 16.2. The largest absolute Gasteiger partial charge is 0.481 e. The molecule has 0 aliphatic heterocycles. The first kappa shape index (κ1) is 24.2. The van der Waals surface area contributed by atoms with E-state index in [0.717, 1.165) is 11.8 Å². The van der Waals surface area contributed by atoms with Gasteiger partial charge in [-0.2, -0.15) is 0 Å². The molecule has 0 spiro atoms. The second kappa shape index (κ2) is 10.8. The van der Waals surface area contributed by atoms with Crippen LogP contribution in [0.2, 0.25) is 0 Å². The van der Waals surface area contributed by atoms with E-state index < -0.39 is 52.0 Å². The number of rotatable bonds is 9. The molecule has 0 heterocycles. The molecule has 2 rings (SSSR count). The molecule has 6 nitrogen and oxygen atoms in total. The number of amides is 2. The third-order valence-corrected chi connectivity index (χ3v) is 5.34. The first-order valence-electron chi connectivity index (χ1n) is 9.04. The van der Waals surface area contributed by atoms with E-state index in [0.29, 0.717) is 10.6 Å². The van der Waals surface area contributed by atoms with Crippen molar-refractivity contribution in [3.8, 4) is 0 Å². The molecule has 31 heavy (non-hydrogen) atoms. The molecule has 1 atom stereocenters. The number of nitrogens with one attached hydrogen (secondary N) is 2. The summed E-state index contributed by atoms with van der Waals surface area (Å²) in [5.74, 6) is -9.18. The van der Waals surface area contributed by atoms with E-state index in [2.05, 4.69) is 5.32 Å². The maximum Gasteiger partial charge on any atom is 0.303 e. The molecular weight excluding hydrogens is 440 g/mol. The predicted molar refractivity (Wildman–Crippen MR) is 107 cm³/mol. The maximum atomic E-state index is 13.8. The monoisotopic (exact) mass is 458 g/mol. The van der Waals surface area contributed by atoms with Crippen LogP contribution < -0.4 is 10.6 Å². The molecular formula is C20H18F4N2O4S. The van der Waals surface area contributed by atoms with Crippen LogP contribution >= 0.6 is 11.8 Å². The van der Waals surface area contributed by atoms with Crippen LogP contribution in [0.3, 0.4) is 0 Å². The van der Waals surface area contributed by atoms with Crippen molar-refractivity contribution >= 4 is 40.9 Å². The lowest BCUT2D eigenvalue weighted by atomic mass is 10.2. The summed E-state index contributed by atoms with van der Waals surface area (Å²) in [6, 6.07) is 6.34. The third-order valence-electron chi connectivity index (χ3n) is 3.99. The van der Waals surface area contributed by atoms with Gasteiger partial charge in [-0.25, -0.2) is 17.6 Å². The molecule has 0 bridgehead atoms. The standard InChI is InChI=1S/C20H18F4N2O4S/c1-2-14(20(30)26-19-17(23)12(21)9-13(22)18(19)24)31-11-5-3-4-10(8-11)25-15(27)6-7-16(28)29/h3-5,8-9,14H,2,6-7H2,1H3,(H,25,27)(H,26,30)(H,28,29). The Hall–Kier alpha value is -3.08. The summed E-state index contributed by atoms with van der Waals surface area (Å²) in [5.41, 5.74) is -0.846. The molecule has 0 aliphatic carbocycles. The van der Waals surface area contributed by atoms with Gasteiger partial charge in [0.2, 0.25) is 11.8 Å². The summed E-state index contributed by atoms with van der Waals surface area (Å²) in [6.07, 6.45) is -0.326. The fourth-order valence-electron chi connectivity index (χ4n) is 2.46. The SMILES string of the molecule is CCC(Sc1cccc(NC(=O)CCC(=O)O)c1)C(=O)Nc1c(F)c(F)cc(F)c1F. The first-order chi connectivity index (χ1) is 14.6. The van der Waals surface area contributed by atoms with Gasteiger partial charge in [-0.15, -0.1) is 11.8 Å². The van der Waals surface area contributed by atoms with Crippen molar-refractivity contribution < 1.29 is 37.1 Å². The lowest BCUT2D eigenvalue weighted by Crippen LogP contribution is -2.26. The average Bonchev–Trinajstić information content (AvgIpc) is 2.72. The molecule has 1 unspecified atom stereocenters. The van der Waals surface area contributed by atoms with Crippen molar-refractivity contribution in [2.45, 2.75) is 36.3 Å². The summed E-state index contributed by atoms with van der Waals surface area (Å²) in [7, 11) is 0. The van der Waals surface area contributed by atoms with Crippen LogP contribution in [-0.4, -0.2) is 28.1 Å². The van der Waals surface area contributed by atoms with Crippen LogP contribution in [0.4, 0.5) is 28.9 Å². The summed E-state index contributed by atoms with van der Waals surface area (Å²) in [4.78, 5) is 35.3. The Bertz CT molecular complexity index is 977. The Morgan fingerprint density at radius 1 is 1.00 bits per heavy atom. The Labute approximate surface area is 179 Å². The topological polar surface area (TPSA) is 95.5 Å². The summed E-state index contributed by atoms with van der Waals surface area (Å²) in [5, 5.41) is 12.2. The maximum absolute atomic E-state index is 13.8. The van der Waals surface area contributed by atoms with E-state index in [1.165, 1.54) is 6.07 Å². The smallest absolute Gasteiger partial charge is 0.303 e. The molecule has 0 fully saturated rings. The summed E-state index contributed by atoms with van der Waals surface area (Å²) < 4.78 is 54.3. The number of aliphatic carboxylic acids is 1. The fraction of sp³-hybridized carbons (Fsp3) is 0.250. The summed E-state index contributed by atoms with van der Waals surface area (Å²) >= 11 is 1.01. The van der Waals surface area contributed by atoms with Crippen molar-refractivity contribution in [1.82, 2.24) is 0 Å². The van der Waals surface area contributed by atoms with Crippen LogP contribution in [0, 0.1) is 23.3 Å². The molecule has 2 aromatic rings. The minimum absolute atomic E-state index is 0.0443. The summed E-state index contributed by atoms with van der Waals surface area (Å²) in [6.45, 7) is 1.63. The van der Waals surface area contributed by atoms with Crippen molar-refractivity contribution in [2.24, 2.45) is 0 Å².